The summed E-state index contributed by atoms with van der Waals surface area (Å²) in [7, 11) is 0. The third kappa shape index (κ3) is 6.34. The lowest BCUT2D eigenvalue weighted by atomic mass is 10.2. The van der Waals surface area contributed by atoms with Crippen LogP contribution in [0.2, 0.25) is 0 Å². The highest BCUT2D eigenvalue weighted by Gasteiger charge is 2.08. The predicted octanol–water partition coefficient (Wildman–Crippen LogP) is 2.07. The number of benzene rings is 1. The minimum absolute atomic E-state index is 0.298. The number of rotatable bonds is 7. The Morgan fingerprint density at radius 2 is 2.05 bits per heavy atom. The SMILES string of the molecule is C#CC(CCC)NC(=O)Nc1ccc(OCC(=O)O)cc1. The summed E-state index contributed by atoms with van der Waals surface area (Å²) in [5, 5.41) is 13.8. The Bertz CT molecular complexity index is 519. The van der Waals surface area contributed by atoms with Crippen LogP contribution in [0, 0.1) is 12.3 Å². The summed E-state index contributed by atoms with van der Waals surface area (Å²) in [6, 6.07) is 5.69. The first-order valence-corrected chi connectivity index (χ1v) is 6.53. The Hall–Kier alpha value is -2.68. The number of aliphatic carboxylic acids is 1. The number of carbonyl (C=O) groups excluding carboxylic acids is 1. The molecule has 0 spiro atoms. The summed E-state index contributed by atoms with van der Waals surface area (Å²) in [5.74, 6) is 1.87. The van der Waals surface area contributed by atoms with Crippen LogP contribution in [0.4, 0.5) is 10.5 Å². The standard InChI is InChI=1S/C15H18N2O4/c1-3-5-11(4-2)16-15(20)17-12-6-8-13(9-7-12)21-10-14(18)19/h2,6-9,11H,3,5,10H2,1H3,(H,18,19)(H2,16,17,20). The van der Waals surface area contributed by atoms with Gasteiger partial charge in [-0.1, -0.05) is 19.3 Å². The number of terminal acetylenes is 1. The molecule has 0 aliphatic heterocycles. The average molecular weight is 290 g/mol. The number of hydrogen-bond donors (Lipinski definition) is 3. The number of ether oxygens (including phenoxy) is 1. The van der Waals surface area contributed by atoms with Gasteiger partial charge in [-0.25, -0.2) is 9.59 Å². The second-order valence-electron chi connectivity index (χ2n) is 4.31. The first kappa shape index (κ1) is 16.4. The van der Waals surface area contributed by atoms with E-state index in [0.29, 0.717) is 17.9 Å². The Morgan fingerprint density at radius 1 is 1.38 bits per heavy atom. The summed E-state index contributed by atoms with van der Waals surface area (Å²) in [6.45, 7) is 1.58. The molecule has 0 saturated carbocycles. The van der Waals surface area contributed by atoms with Crippen molar-refractivity contribution >= 4 is 17.7 Å². The number of urea groups is 1. The number of nitrogens with one attached hydrogen (secondary N) is 2. The summed E-state index contributed by atoms with van der Waals surface area (Å²) < 4.78 is 4.99. The van der Waals surface area contributed by atoms with Crippen LogP contribution < -0.4 is 15.4 Å². The largest absolute Gasteiger partial charge is 0.482 e. The van der Waals surface area contributed by atoms with E-state index in [1.807, 2.05) is 6.92 Å². The molecule has 6 heteroatoms. The van der Waals surface area contributed by atoms with E-state index in [9.17, 15) is 9.59 Å². The summed E-state index contributed by atoms with van der Waals surface area (Å²) in [4.78, 5) is 22.1. The topological polar surface area (TPSA) is 87.7 Å². The highest BCUT2D eigenvalue weighted by atomic mass is 16.5. The maximum Gasteiger partial charge on any atom is 0.341 e. The van der Waals surface area contributed by atoms with Gasteiger partial charge < -0.3 is 20.5 Å². The van der Waals surface area contributed by atoms with Crippen LogP contribution >= 0.6 is 0 Å². The fourth-order valence-electron chi connectivity index (χ4n) is 1.59. The van der Waals surface area contributed by atoms with Crippen LogP contribution in [0.1, 0.15) is 19.8 Å². The zero-order valence-electron chi connectivity index (χ0n) is 11.8. The van der Waals surface area contributed by atoms with Crippen molar-refractivity contribution in [2.75, 3.05) is 11.9 Å². The number of amides is 2. The van der Waals surface area contributed by atoms with Crippen LogP contribution in [0.25, 0.3) is 0 Å². The highest BCUT2D eigenvalue weighted by molar-refractivity contribution is 5.89. The molecule has 3 N–H and O–H groups in total. The Labute approximate surface area is 123 Å². The molecule has 1 aromatic rings. The van der Waals surface area contributed by atoms with Gasteiger partial charge in [0.2, 0.25) is 0 Å². The van der Waals surface area contributed by atoms with E-state index in [4.69, 9.17) is 16.3 Å². The summed E-state index contributed by atoms with van der Waals surface area (Å²) in [6.07, 6.45) is 6.92. The van der Waals surface area contributed by atoms with Gasteiger partial charge >= 0.3 is 12.0 Å². The molecule has 112 valence electrons. The van der Waals surface area contributed by atoms with Crippen molar-refractivity contribution in [2.45, 2.75) is 25.8 Å². The molecule has 0 saturated heterocycles. The number of anilines is 1. The molecule has 1 rings (SSSR count). The lowest BCUT2D eigenvalue weighted by molar-refractivity contribution is -0.139. The molecule has 0 aliphatic rings. The van der Waals surface area contributed by atoms with Crippen molar-refractivity contribution < 1.29 is 19.4 Å². The maximum absolute atomic E-state index is 11.7. The van der Waals surface area contributed by atoms with E-state index < -0.39 is 12.6 Å². The molecule has 0 heterocycles. The van der Waals surface area contributed by atoms with Crippen molar-refractivity contribution in [1.82, 2.24) is 5.32 Å². The molecule has 0 radical (unpaired) electrons. The first-order chi connectivity index (χ1) is 10.0. The smallest absolute Gasteiger partial charge is 0.341 e. The molecular weight excluding hydrogens is 272 g/mol. The van der Waals surface area contributed by atoms with Crippen LogP contribution in [0.15, 0.2) is 24.3 Å². The van der Waals surface area contributed by atoms with Crippen molar-refractivity contribution in [3.8, 4) is 18.1 Å². The van der Waals surface area contributed by atoms with Gasteiger partial charge in [-0.2, -0.15) is 0 Å². The molecule has 0 aliphatic carbocycles. The van der Waals surface area contributed by atoms with E-state index in [1.54, 1.807) is 24.3 Å². The van der Waals surface area contributed by atoms with Crippen LogP contribution in [-0.2, 0) is 4.79 Å². The van der Waals surface area contributed by atoms with Gasteiger partial charge in [0, 0.05) is 5.69 Å². The molecule has 1 atom stereocenters. The summed E-state index contributed by atoms with van der Waals surface area (Å²) in [5.41, 5.74) is 0.558. The quantitative estimate of drug-likeness (QED) is 0.671. The van der Waals surface area contributed by atoms with Crippen molar-refractivity contribution in [2.24, 2.45) is 0 Å². The molecule has 0 bridgehead atoms. The molecule has 2 amide bonds. The zero-order chi connectivity index (χ0) is 15.7. The zero-order valence-corrected chi connectivity index (χ0v) is 11.8. The lowest BCUT2D eigenvalue weighted by Crippen LogP contribution is -2.36. The summed E-state index contributed by atoms with van der Waals surface area (Å²) >= 11 is 0. The van der Waals surface area contributed by atoms with Gasteiger partial charge in [0.25, 0.3) is 0 Å². The minimum Gasteiger partial charge on any atom is -0.482 e. The van der Waals surface area contributed by atoms with Crippen molar-refractivity contribution in [3.05, 3.63) is 24.3 Å². The second-order valence-corrected chi connectivity index (χ2v) is 4.31. The molecule has 21 heavy (non-hydrogen) atoms. The van der Waals surface area contributed by atoms with Crippen molar-refractivity contribution in [1.29, 1.82) is 0 Å². The van der Waals surface area contributed by atoms with E-state index in [2.05, 4.69) is 16.6 Å². The monoisotopic (exact) mass is 290 g/mol. The van der Waals surface area contributed by atoms with Gasteiger partial charge in [-0.3, -0.25) is 0 Å². The maximum atomic E-state index is 11.7. The predicted molar refractivity (Wildman–Crippen MR) is 79.3 cm³/mol. The van der Waals surface area contributed by atoms with Crippen LogP contribution in [-0.4, -0.2) is 29.8 Å². The average Bonchev–Trinajstić information content (AvgIpc) is 2.46. The molecular formula is C15H18N2O4. The third-order valence-electron chi connectivity index (χ3n) is 2.56. The van der Waals surface area contributed by atoms with Gasteiger partial charge in [0.05, 0.1) is 6.04 Å². The molecule has 6 nitrogen and oxygen atoms in total. The first-order valence-electron chi connectivity index (χ1n) is 6.53. The second kappa shape index (κ2) is 8.48. The Kier molecular flexibility index (Phi) is 6.61. The van der Waals surface area contributed by atoms with Gasteiger partial charge in [0.15, 0.2) is 6.61 Å². The van der Waals surface area contributed by atoms with Gasteiger partial charge in [-0.15, -0.1) is 6.42 Å². The van der Waals surface area contributed by atoms with E-state index in [1.165, 1.54) is 0 Å². The van der Waals surface area contributed by atoms with E-state index in [-0.39, 0.29) is 12.1 Å². The molecule has 1 unspecified atom stereocenters. The lowest BCUT2D eigenvalue weighted by Gasteiger charge is -2.13. The van der Waals surface area contributed by atoms with Crippen molar-refractivity contribution in [3.63, 3.8) is 0 Å². The normalized spacial score (nSPS) is 11.0. The fraction of sp³-hybridized carbons (Fsp3) is 0.333. The minimum atomic E-state index is -1.05. The Morgan fingerprint density at radius 3 is 2.57 bits per heavy atom. The van der Waals surface area contributed by atoms with E-state index in [0.717, 1.165) is 6.42 Å². The Balaban J connectivity index is 2.49. The highest BCUT2D eigenvalue weighted by Crippen LogP contribution is 2.15. The van der Waals surface area contributed by atoms with E-state index >= 15 is 0 Å². The molecule has 0 aromatic heterocycles. The molecule has 0 fully saturated rings. The number of carbonyl (C=O) groups is 2. The number of hydrogen-bond acceptors (Lipinski definition) is 3. The van der Waals surface area contributed by atoms with Gasteiger partial charge in [-0.05, 0) is 30.7 Å². The molecule has 1 aromatic carbocycles. The number of carboxylic acids is 1. The fourth-order valence-corrected chi connectivity index (χ4v) is 1.59. The number of carboxylic acid groups (broad SMARTS) is 1. The van der Waals surface area contributed by atoms with Gasteiger partial charge in [0.1, 0.15) is 5.75 Å². The van der Waals surface area contributed by atoms with Crippen LogP contribution in [0.5, 0.6) is 5.75 Å². The van der Waals surface area contributed by atoms with Crippen LogP contribution in [0.3, 0.4) is 0 Å². The third-order valence-corrected chi connectivity index (χ3v) is 2.56.